The first-order valence-electron chi connectivity index (χ1n) is 7.00. The van der Waals surface area contributed by atoms with Crippen LogP contribution in [0, 0.1) is 5.92 Å². The van der Waals surface area contributed by atoms with E-state index >= 15 is 0 Å². The molecule has 1 fully saturated rings. The summed E-state index contributed by atoms with van der Waals surface area (Å²) >= 11 is 3.34. The van der Waals surface area contributed by atoms with E-state index in [4.69, 9.17) is 0 Å². The van der Waals surface area contributed by atoms with E-state index in [9.17, 15) is 4.79 Å². The molecule has 0 saturated heterocycles. The van der Waals surface area contributed by atoms with Crippen LogP contribution in [-0.2, 0) is 0 Å². The minimum atomic E-state index is 0.0347. The third-order valence-electron chi connectivity index (χ3n) is 4.21. The van der Waals surface area contributed by atoms with Crippen molar-refractivity contribution in [2.75, 3.05) is 7.05 Å². The Kier molecular flexibility index (Phi) is 4.97. The molecule has 0 N–H and O–H groups in total. The van der Waals surface area contributed by atoms with Gasteiger partial charge >= 0.3 is 0 Å². The van der Waals surface area contributed by atoms with Crippen LogP contribution in [0.5, 0.6) is 0 Å². The van der Waals surface area contributed by atoms with Crippen molar-refractivity contribution < 1.29 is 4.79 Å². The van der Waals surface area contributed by atoms with Crippen LogP contribution in [0.3, 0.4) is 0 Å². The van der Waals surface area contributed by atoms with Gasteiger partial charge in [-0.3, -0.25) is 4.79 Å². The van der Waals surface area contributed by atoms with Gasteiger partial charge in [-0.1, -0.05) is 13.3 Å². The van der Waals surface area contributed by atoms with Crippen LogP contribution < -0.4 is 0 Å². The molecule has 0 unspecified atom stereocenters. The van der Waals surface area contributed by atoms with E-state index in [1.54, 1.807) is 12.3 Å². The molecule has 0 aromatic carbocycles. The Morgan fingerprint density at radius 2 is 2.05 bits per heavy atom. The molecule has 104 valence electrons. The van der Waals surface area contributed by atoms with Gasteiger partial charge in [-0.15, -0.1) is 0 Å². The van der Waals surface area contributed by atoms with Crippen molar-refractivity contribution in [2.24, 2.45) is 5.92 Å². The highest BCUT2D eigenvalue weighted by molar-refractivity contribution is 9.10. The van der Waals surface area contributed by atoms with Crippen molar-refractivity contribution in [1.29, 1.82) is 0 Å². The molecule has 4 heteroatoms. The number of rotatable bonds is 3. The number of amides is 1. The maximum Gasteiger partial charge on any atom is 0.272 e. The van der Waals surface area contributed by atoms with Crippen LogP contribution in [0.4, 0.5) is 0 Å². The molecule has 3 nitrogen and oxygen atoms in total. The Morgan fingerprint density at radius 1 is 1.37 bits per heavy atom. The van der Waals surface area contributed by atoms with E-state index in [1.807, 2.05) is 18.0 Å². The van der Waals surface area contributed by atoms with Gasteiger partial charge in [0.05, 0.1) is 0 Å². The van der Waals surface area contributed by atoms with E-state index in [2.05, 4.69) is 27.8 Å². The van der Waals surface area contributed by atoms with Crippen molar-refractivity contribution in [1.82, 2.24) is 9.88 Å². The van der Waals surface area contributed by atoms with Gasteiger partial charge in [0.15, 0.2) is 0 Å². The molecule has 1 aliphatic carbocycles. The van der Waals surface area contributed by atoms with Crippen molar-refractivity contribution in [3.05, 3.63) is 28.5 Å². The summed E-state index contributed by atoms with van der Waals surface area (Å²) in [6.07, 6.45) is 7.67. The number of nitrogens with zero attached hydrogens (tertiary/aromatic N) is 2. The van der Waals surface area contributed by atoms with Crippen LogP contribution in [-0.4, -0.2) is 28.9 Å². The fraction of sp³-hybridized carbons (Fsp3) is 0.600. The van der Waals surface area contributed by atoms with Gasteiger partial charge in [-0.25, -0.2) is 4.98 Å². The smallest absolute Gasteiger partial charge is 0.272 e. The summed E-state index contributed by atoms with van der Waals surface area (Å²) in [4.78, 5) is 18.4. The number of hydrogen-bond acceptors (Lipinski definition) is 2. The molecular formula is C15H21BrN2O. The molecule has 1 aromatic rings. The number of aromatic nitrogens is 1. The molecule has 0 aliphatic heterocycles. The van der Waals surface area contributed by atoms with E-state index in [0.717, 1.165) is 23.2 Å². The lowest BCUT2D eigenvalue weighted by Gasteiger charge is -2.34. The lowest BCUT2D eigenvalue weighted by atomic mass is 9.84. The monoisotopic (exact) mass is 324 g/mol. The number of pyridine rings is 1. The van der Waals surface area contributed by atoms with Crippen molar-refractivity contribution in [3.8, 4) is 0 Å². The normalized spacial score (nSPS) is 23.1. The summed E-state index contributed by atoms with van der Waals surface area (Å²) in [5, 5.41) is 0. The molecule has 0 bridgehead atoms. The first kappa shape index (κ1) is 14.5. The molecule has 19 heavy (non-hydrogen) atoms. The summed E-state index contributed by atoms with van der Waals surface area (Å²) in [6.45, 7) is 2.26. The third-order valence-corrected chi connectivity index (χ3v) is 4.68. The Labute approximate surface area is 123 Å². The van der Waals surface area contributed by atoms with Gasteiger partial charge in [0.1, 0.15) is 5.69 Å². The summed E-state index contributed by atoms with van der Waals surface area (Å²) in [5.41, 5.74) is 0.531. The van der Waals surface area contributed by atoms with Gasteiger partial charge in [0.2, 0.25) is 0 Å². The third kappa shape index (κ3) is 3.56. The van der Waals surface area contributed by atoms with Gasteiger partial charge < -0.3 is 4.90 Å². The number of carbonyl (C=O) groups is 1. The van der Waals surface area contributed by atoms with E-state index in [1.165, 1.54) is 19.3 Å². The first-order chi connectivity index (χ1) is 9.11. The van der Waals surface area contributed by atoms with E-state index in [0.29, 0.717) is 11.7 Å². The maximum atomic E-state index is 12.4. The fourth-order valence-electron chi connectivity index (χ4n) is 2.79. The van der Waals surface area contributed by atoms with Gasteiger partial charge in [-0.05, 0) is 59.7 Å². The number of halogens is 1. The van der Waals surface area contributed by atoms with Crippen LogP contribution in [0.1, 0.15) is 49.5 Å². The predicted octanol–water partition coefficient (Wildman–Crippen LogP) is 3.88. The van der Waals surface area contributed by atoms with E-state index in [-0.39, 0.29) is 5.91 Å². The predicted molar refractivity (Wildman–Crippen MR) is 80.1 cm³/mol. The molecule has 1 aromatic heterocycles. The SMILES string of the molecule is CCC1CCC(N(C)C(=O)c2ccc(Br)cn2)CC1. The van der Waals surface area contributed by atoms with Gasteiger partial charge in [0, 0.05) is 23.8 Å². The zero-order chi connectivity index (χ0) is 13.8. The average molecular weight is 325 g/mol. The molecule has 1 aliphatic rings. The average Bonchev–Trinajstić information content (AvgIpc) is 2.46. The summed E-state index contributed by atoms with van der Waals surface area (Å²) in [6, 6.07) is 4.02. The molecule has 1 amide bonds. The maximum absolute atomic E-state index is 12.4. The molecular weight excluding hydrogens is 304 g/mol. The summed E-state index contributed by atoms with van der Waals surface area (Å²) in [5.74, 6) is 0.887. The van der Waals surface area contributed by atoms with E-state index < -0.39 is 0 Å². The topological polar surface area (TPSA) is 33.2 Å². The van der Waals surface area contributed by atoms with Gasteiger partial charge in [-0.2, -0.15) is 0 Å². The molecule has 0 atom stereocenters. The quantitative estimate of drug-likeness (QED) is 0.845. The minimum Gasteiger partial charge on any atom is -0.337 e. The second kappa shape index (κ2) is 6.51. The zero-order valence-corrected chi connectivity index (χ0v) is 13.2. The Morgan fingerprint density at radius 3 is 2.58 bits per heavy atom. The Balaban J connectivity index is 1.98. The zero-order valence-electron chi connectivity index (χ0n) is 11.6. The standard InChI is InChI=1S/C15H21BrN2O/c1-3-11-4-7-13(8-5-11)18(2)15(19)14-9-6-12(16)10-17-14/h6,9-11,13H,3-5,7-8H2,1-2H3. The number of carbonyl (C=O) groups excluding carboxylic acids is 1. The Bertz CT molecular complexity index is 424. The largest absolute Gasteiger partial charge is 0.337 e. The number of hydrogen-bond donors (Lipinski definition) is 0. The first-order valence-corrected chi connectivity index (χ1v) is 7.79. The highest BCUT2D eigenvalue weighted by Crippen LogP contribution is 2.29. The van der Waals surface area contributed by atoms with Crippen LogP contribution in [0.15, 0.2) is 22.8 Å². The van der Waals surface area contributed by atoms with Crippen molar-refractivity contribution >= 4 is 21.8 Å². The molecule has 2 rings (SSSR count). The lowest BCUT2D eigenvalue weighted by molar-refractivity contribution is 0.0669. The molecule has 0 spiro atoms. The highest BCUT2D eigenvalue weighted by Gasteiger charge is 2.26. The van der Waals surface area contributed by atoms with Crippen molar-refractivity contribution in [3.63, 3.8) is 0 Å². The highest BCUT2D eigenvalue weighted by atomic mass is 79.9. The molecule has 1 saturated carbocycles. The summed E-state index contributed by atoms with van der Waals surface area (Å²) < 4.78 is 0.898. The van der Waals surface area contributed by atoms with Crippen molar-refractivity contribution in [2.45, 2.75) is 45.1 Å². The second-order valence-electron chi connectivity index (χ2n) is 5.36. The van der Waals surface area contributed by atoms with Crippen LogP contribution >= 0.6 is 15.9 Å². The molecule has 1 heterocycles. The van der Waals surface area contributed by atoms with Crippen LogP contribution in [0.2, 0.25) is 0 Å². The summed E-state index contributed by atoms with van der Waals surface area (Å²) in [7, 11) is 1.91. The fourth-order valence-corrected chi connectivity index (χ4v) is 3.02. The second-order valence-corrected chi connectivity index (χ2v) is 6.28. The van der Waals surface area contributed by atoms with Crippen LogP contribution in [0.25, 0.3) is 0 Å². The lowest BCUT2D eigenvalue weighted by Crippen LogP contribution is -2.39. The molecule has 0 radical (unpaired) electrons. The minimum absolute atomic E-state index is 0.0347. The van der Waals surface area contributed by atoms with Gasteiger partial charge in [0.25, 0.3) is 5.91 Å². The Hall–Kier alpha value is -0.900.